The molecule has 2 unspecified atom stereocenters. The van der Waals surface area contributed by atoms with Gasteiger partial charge in [-0.3, -0.25) is 4.90 Å². The van der Waals surface area contributed by atoms with E-state index in [-0.39, 0.29) is 5.54 Å². The first-order valence-corrected chi connectivity index (χ1v) is 8.44. The van der Waals surface area contributed by atoms with Crippen molar-refractivity contribution in [1.29, 1.82) is 0 Å². The van der Waals surface area contributed by atoms with Crippen LogP contribution in [-0.2, 0) is 0 Å². The number of hydrogen-bond donors (Lipinski definition) is 2. The van der Waals surface area contributed by atoms with Crippen LogP contribution in [0.4, 0.5) is 0 Å². The highest BCUT2D eigenvalue weighted by Gasteiger charge is 2.48. The van der Waals surface area contributed by atoms with Crippen molar-refractivity contribution in [3.8, 4) is 0 Å². The van der Waals surface area contributed by atoms with Gasteiger partial charge in [-0.25, -0.2) is 0 Å². The molecule has 20 heavy (non-hydrogen) atoms. The van der Waals surface area contributed by atoms with Gasteiger partial charge in [-0.1, -0.05) is 0 Å². The maximum Gasteiger partial charge on any atom is 0.0628 e. The van der Waals surface area contributed by atoms with Gasteiger partial charge in [0, 0.05) is 25.2 Å². The Morgan fingerprint density at radius 3 is 2.55 bits per heavy atom. The zero-order valence-electron chi connectivity index (χ0n) is 13.1. The van der Waals surface area contributed by atoms with E-state index in [9.17, 15) is 5.11 Å². The van der Waals surface area contributed by atoms with Crippen LogP contribution >= 0.6 is 0 Å². The van der Waals surface area contributed by atoms with Crippen LogP contribution in [-0.4, -0.2) is 72.4 Å². The summed E-state index contributed by atoms with van der Waals surface area (Å²) in [5.41, 5.74) is -0.0294. The quantitative estimate of drug-likeness (QED) is 0.759. The maximum atomic E-state index is 10.1. The third kappa shape index (κ3) is 3.35. The van der Waals surface area contributed by atoms with Crippen LogP contribution in [0.2, 0.25) is 0 Å². The number of nitrogens with one attached hydrogen (secondary N) is 1. The number of aliphatic hydroxyl groups excluding tert-OH is 1. The van der Waals surface area contributed by atoms with E-state index in [2.05, 4.69) is 29.1 Å². The Morgan fingerprint density at radius 2 is 1.95 bits per heavy atom. The highest BCUT2D eigenvalue weighted by molar-refractivity contribution is 5.06. The zero-order chi connectivity index (χ0) is 14.2. The van der Waals surface area contributed by atoms with Crippen molar-refractivity contribution in [3.63, 3.8) is 0 Å². The first-order chi connectivity index (χ1) is 9.63. The second-order valence-corrected chi connectivity index (χ2v) is 7.44. The molecule has 0 amide bonds. The van der Waals surface area contributed by atoms with E-state index in [1.807, 2.05) is 0 Å². The highest BCUT2D eigenvalue weighted by atomic mass is 16.3. The second-order valence-electron chi connectivity index (χ2n) is 7.44. The maximum absolute atomic E-state index is 10.1. The van der Waals surface area contributed by atoms with Crippen LogP contribution < -0.4 is 5.32 Å². The molecule has 0 aromatic carbocycles. The van der Waals surface area contributed by atoms with Gasteiger partial charge in [0.1, 0.15) is 0 Å². The zero-order valence-corrected chi connectivity index (χ0v) is 13.1. The van der Waals surface area contributed by atoms with Crippen molar-refractivity contribution in [1.82, 2.24) is 15.1 Å². The minimum Gasteiger partial charge on any atom is -0.394 e. The molecule has 0 spiro atoms. The first-order valence-electron chi connectivity index (χ1n) is 8.44. The Labute approximate surface area is 123 Å². The van der Waals surface area contributed by atoms with Gasteiger partial charge in [-0.15, -0.1) is 0 Å². The number of aliphatic hydroxyl groups is 1. The van der Waals surface area contributed by atoms with Crippen molar-refractivity contribution in [3.05, 3.63) is 0 Å². The molecule has 1 aliphatic heterocycles. The Kier molecular flexibility index (Phi) is 4.37. The fourth-order valence-electron chi connectivity index (χ4n) is 3.81. The molecular weight excluding hydrogens is 250 g/mol. The minimum absolute atomic E-state index is 0.0294. The van der Waals surface area contributed by atoms with E-state index in [4.69, 9.17) is 0 Å². The molecule has 2 atom stereocenters. The molecule has 2 N–H and O–H groups in total. The van der Waals surface area contributed by atoms with E-state index in [0.29, 0.717) is 24.6 Å². The minimum atomic E-state index is -0.0294. The normalized spacial score (nSPS) is 32.9. The third-order valence-electron chi connectivity index (χ3n) is 5.38. The molecule has 0 aromatic rings. The topological polar surface area (TPSA) is 38.7 Å². The Hall–Kier alpha value is -0.160. The van der Waals surface area contributed by atoms with Crippen molar-refractivity contribution < 1.29 is 5.11 Å². The smallest absolute Gasteiger partial charge is 0.0628 e. The van der Waals surface area contributed by atoms with E-state index in [1.165, 1.54) is 45.2 Å². The molecule has 116 valence electrons. The lowest BCUT2D eigenvalue weighted by molar-refractivity contribution is 0.0726. The fraction of sp³-hybridized carbons (Fsp3) is 1.00. The van der Waals surface area contributed by atoms with Gasteiger partial charge >= 0.3 is 0 Å². The molecule has 3 rings (SSSR count). The summed E-state index contributed by atoms with van der Waals surface area (Å²) in [6, 6.07) is 1.26. The van der Waals surface area contributed by atoms with Gasteiger partial charge in [0.2, 0.25) is 0 Å². The van der Waals surface area contributed by atoms with Crippen LogP contribution in [0.1, 0.15) is 39.0 Å². The molecule has 1 heterocycles. The van der Waals surface area contributed by atoms with Crippen LogP contribution in [0, 0.1) is 5.92 Å². The average Bonchev–Trinajstić information content (AvgIpc) is 3.26. The Bertz CT molecular complexity index is 330. The lowest BCUT2D eigenvalue weighted by Gasteiger charge is -2.40. The van der Waals surface area contributed by atoms with Crippen molar-refractivity contribution in [2.45, 2.75) is 56.7 Å². The summed E-state index contributed by atoms with van der Waals surface area (Å²) in [5.74, 6) is 0.696. The molecule has 0 aromatic heterocycles. The molecule has 3 aliphatic rings. The summed E-state index contributed by atoms with van der Waals surface area (Å²) in [6.45, 7) is 7.19. The molecule has 1 saturated heterocycles. The summed E-state index contributed by atoms with van der Waals surface area (Å²) >= 11 is 0. The average molecular weight is 281 g/mol. The summed E-state index contributed by atoms with van der Waals surface area (Å²) in [4.78, 5) is 5.06. The fourth-order valence-corrected chi connectivity index (χ4v) is 3.81. The molecule has 2 saturated carbocycles. The number of rotatable bonds is 6. The predicted octanol–water partition coefficient (Wildman–Crippen LogP) is 0.906. The van der Waals surface area contributed by atoms with Crippen molar-refractivity contribution >= 4 is 0 Å². The largest absolute Gasteiger partial charge is 0.394 e. The molecule has 0 radical (unpaired) electrons. The summed E-state index contributed by atoms with van der Waals surface area (Å²) < 4.78 is 0. The highest BCUT2D eigenvalue weighted by Crippen LogP contribution is 2.42. The van der Waals surface area contributed by atoms with Crippen LogP contribution in [0.5, 0.6) is 0 Å². The number of hydrogen-bond acceptors (Lipinski definition) is 4. The van der Waals surface area contributed by atoms with Crippen molar-refractivity contribution in [2.24, 2.45) is 5.92 Å². The molecular formula is C16H31N3O. The van der Waals surface area contributed by atoms with E-state index in [1.54, 1.807) is 0 Å². The predicted molar refractivity (Wildman–Crippen MR) is 81.8 cm³/mol. The third-order valence-corrected chi connectivity index (χ3v) is 5.38. The van der Waals surface area contributed by atoms with E-state index >= 15 is 0 Å². The summed E-state index contributed by atoms with van der Waals surface area (Å²) in [7, 11) is 2.22. The standard InChI is InChI=1S/C16H31N3O/c1-13-10-18(2)8-3-9-19(13)11-16(12-20,14-4-5-14)17-15-6-7-15/h13-15,17,20H,3-12H2,1-2H3. The van der Waals surface area contributed by atoms with Crippen LogP contribution in [0.15, 0.2) is 0 Å². The second kappa shape index (κ2) is 5.91. The SMILES string of the molecule is CC1CN(C)CCCN1CC(CO)(NC1CC1)C1CC1. The molecule has 4 nitrogen and oxygen atoms in total. The monoisotopic (exact) mass is 281 g/mol. The summed E-state index contributed by atoms with van der Waals surface area (Å²) in [6.07, 6.45) is 6.43. The van der Waals surface area contributed by atoms with Crippen LogP contribution in [0.3, 0.4) is 0 Å². The summed E-state index contributed by atoms with van der Waals surface area (Å²) in [5, 5.41) is 13.9. The Morgan fingerprint density at radius 1 is 1.20 bits per heavy atom. The first kappa shape index (κ1) is 14.8. The van der Waals surface area contributed by atoms with Gasteiger partial charge in [-0.2, -0.15) is 0 Å². The lowest BCUT2D eigenvalue weighted by atomic mass is 9.92. The molecule has 0 bridgehead atoms. The van der Waals surface area contributed by atoms with Crippen LogP contribution in [0.25, 0.3) is 0 Å². The molecule has 2 aliphatic carbocycles. The Balaban J connectivity index is 1.67. The van der Waals surface area contributed by atoms with Gasteiger partial charge in [0.25, 0.3) is 0 Å². The lowest BCUT2D eigenvalue weighted by Crippen LogP contribution is -2.60. The van der Waals surface area contributed by atoms with Gasteiger partial charge in [0.05, 0.1) is 12.1 Å². The van der Waals surface area contributed by atoms with Crippen molar-refractivity contribution in [2.75, 3.05) is 39.8 Å². The molecule has 4 heteroatoms. The number of likely N-dealkylation sites (N-methyl/N-ethyl adjacent to an activating group) is 1. The van der Waals surface area contributed by atoms with E-state index < -0.39 is 0 Å². The number of nitrogens with zero attached hydrogens (tertiary/aromatic N) is 2. The van der Waals surface area contributed by atoms with E-state index in [0.717, 1.165) is 13.1 Å². The van der Waals surface area contributed by atoms with Gasteiger partial charge < -0.3 is 15.3 Å². The van der Waals surface area contributed by atoms with Gasteiger partial charge in [0.15, 0.2) is 0 Å². The molecule has 3 fully saturated rings. The van der Waals surface area contributed by atoms with Gasteiger partial charge in [-0.05, 0) is 65.1 Å².